The Balaban J connectivity index is 1.58. The summed E-state index contributed by atoms with van der Waals surface area (Å²) in [6.45, 7) is 8.37. The molecule has 4 heteroatoms. The van der Waals surface area contributed by atoms with Gasteiger partial charge in [0.1, 0.15) is 11.2 Å². The van der Waals surface area contributed by atoms with Gasteiger partial charge in [0.25, 0.3) is 0 Å². The van der Waals surface area contributed by atoms with Crippen LogP contribution in [0, 0.1) is 0 Å². The number of hydrogen-bond donors (Lipinski definition) is 0. The van der Waals surface area contributed by atoms with Crippen molar-refractivity contribution in [2.75, 3.05) is 0 Å². The Labute approximate surface area is 188 Å². The molecule has 4 aromatic carbocycles. The molecular formula is C28H25BO3. The third-order valence-electron chi connectivity index (χ3n) is 7.16. The second-order valence-corrected chi connectivity index (χ2v) is 9.61. The molecule has 0 spiro atoms. The average Bonchev–Trinajstić information content (AvgIpc) is 3.26. The quantitative estimate of drug-likeness (QED) is 0.298. The first kappa shape index (κ1) is 19.6. The molecule has 32 heavy (non-hydrogen) atoms. The number of para-hydroxylation sites is 1. The zero-order valence-electron chi connectivity index (χ0n) is 18.8. The van der Waals surface area contributed by atoms with E-state index in [-0.39, 0.29) is 11.2 Å². The van der Waals surface area contributed by atoms with Crippen molar-refractivity contribution in [3.8, 4) is 11.1 Å². The lowest BCUT2D eigenvalue weighted by Crippen LogP contribution is -2.41. The minimum absolute atomic E-state index is 0.376. The van der Waals surface area contributed by atoms with Gasteiger partial charge in [0, 0.05) is 10.8 Å². The van der Waals surface area contributed by atoms with Crippen molar-refractivity contribution in [3.05, 3.63) is 78.9 Å². The smallest absolute Gasteiger partial charge is 0.456 e. The van der Waals surface area contributed by atoms with Crippen molar-refractivity contribution in [1.29, 1.82) is 0 Å². The second-order valence-electron chi connectivity index (χ2n) is 9.61. The van der Waals surface area contributed by atoms with E-state index >= 15 is 0 Å². The number of fused-ring (bicyclic) bond motifs is 4. The predicted molar refractivity (Wildman–Crippen MR) is 132 cm³/mol. The summed E-state index contributed by atoms with van der Waals surface area (Å²) in [4.78, 5) is 0. The van der Waals surface area contributed by atoms with Crippen LogP contribution in [0.3, 0.4) is 0 Å². The van der Waals surface area contributed by atoms with E-state index < -0.39 is 7.12 Å². The zero-order valence-corrected chi connectivity index (χ0v) is 18.8. The molecule has 1 aliphatic rings. The van der Waals surface area contributed by atoms with Crippen LogP contribution in [0.2, 0.25) is 0 Å². The highest BCUT2D eigenvalue weighted by molar-refractivity contribution is 6.65. The SMILES string of the molecule is CC1(C)OB(c2cccc3c(-c4cccc5oc6ccccc6c45)cccc23)OC1(C)C. The van der Waals surface area contributed by atoms with E-state index in [2.05, 4.69) is 88.4 Å². The van der Waals surface area contributed by atoms with E-state index in [1.54, 1.807) is 0 Å². The summed E-state index contributed by atoms with van der Waals surface area (Å²) in [5, 5.41) is 4.61. The number of hydrogen-bond acceptors (Lipinski definition) is 3. The van der Waals surface area contributed by atoms with Crippen LogP contribution < -0.4 is 5.46 Å². The predicted octanol–water partition coefficient (Wildman–Crippen LogP) is 6.71. The molecule has 1 fully saturated rings. The second kappa shape index (κ2) is 6.71. The van der Waals surface area contributed by atoms with Gasteiger partial charge in [-0.1, -0.05) is 66.7 Å². The van der Waals surface area contributed by atoms with Gasteiger partial charge in [0.2, 0.25) is 0 Å². The van der Waals surface area contributed by atoms with Crippen LogP contribution in [0.15, 0.2) is 83.3 Å². The number of benzene rings is 4. The first-order valence-electron chi connectivity index (χ1n) is 11.1. The van der Waals surface area contributed by atoms with Crippen LogP contribution in [-0.2, 0) is 9.31 Å². The lowest BCUT2D eigenvalue weighted by Gasteiger charge is -2.32. The molecule has 2 heterocycles. The molecule has 0 atom stereocenters. The molecule has 0 unspecified atom stereocenters. The minimum atomic E-state index is -0.399. The summed E-state index contributed by atoms with van der Waals surface area (Å²) in [5.74, 6) is 0. The van der Waals surface area contributed by atoms with Crippen LogP contribution in [0.4, 0.5) is 0 Å². The van der Waals surface area contributed by atoms with Gasteiger partial charge >= 0.3 is 7.12 Å². The molecule has 6 rings (SSSR count). The standard InChI is InChI=1S/C28H25BO3/c1-27(2)28(3,4)32-29(31-27)23-15-8-12-18-19(11-7-13-20(18)23)21-14-9-17-25-26(21)22-10-5-6-16-24(22)30-25/h5-17H,1-4H3. The van der Waals surface area contributed by atoms with Crippen LogP contribution in [-0.4, -0.2) is 18.3 Å². The van der Waals surface area contributed by atoms with Crippen molar-refractivity contribution >= 4 is 45.3 Å². The molecule has 0 radical (unpaired) electrons. The Morgan fingerprint density at radius 1 is 0.562 bits per heavy atom. The van der Waals surface area contributed by atoms with Crippen molar-refractivity contribution < 1.29 is 13.7 Å². The molecule has 0 amide bonds. The monoisotopic (exact) mass is 420 g/mol. The van der Waals surface area contributed by atoms with Crippen LogP contribution in [0.1, 0.15) is 27.7 Å². The molecular weight excluding hydrogens is 395 g/mol. The van der Waals surface area contributed by atoms with Gasteiger partial charge in [-0.2, -0.15) is 0 Å². The van der Waals surface area contributed by atoms with Crippen LogP contribution >= 0.6 is 0 Å². The summed E-state index contributed by atoms with van der Waals surface area (Å²) >= 11 is 0. The van der Waals surface area contributed by atoms with Gasteiger partial charge in [0.15, 0.2) is 0 Å². The molecule has 3 nitrogen and oxygen atoms in total. The molecule has 0 saturated carbocycles. The lowest BCUT2D eigenvalue weighted by molar-refractivity contribution is 0.00578. The van der Waals surface area contributed by atoms with Gasteiger partial charge in [0.05, 0.1) is 11.2 Å². The molecule has 0 aliphatic carbocycles. The Morgan fingerprint density at radius 3 is 1.97 bits per heavy atom. The minimum Gasteiger partial charge on any atom is -0.456 e. The Kier molecular flexibility index (Phi) is 4.11. The largest absolute Gasteiger partial charge is 0.495 e. The van der Waals surface area contributed by atoms with Crippen molar-refractivity contribution in [1.82, 2.24) is 0 Å². The maximum Gasteiger partial charge on any atom is 0.495 e. The summed E-state index contributed by atoms with van der Waals surface area (Å²) in [7, 11) is -0.399. The summed E-state index contributed by atoms with van der Waals surface area (Å²) < 4.78 is 18.9. The number of rotatable bonds is 2. The average molecular weight is 420 g/mol. The summed E-state index contributed by atoms with van der Waals surface area (Å²) in [5.41, 5.74) is 4.47. The fourth-order valence-corrected chi connectivity index (χ4v) is 4.74. The Morgan fingerprint density at radius 2 is 1.16 bits per heavy atom. The molecule has 5 aromatic rings. The molecule has 0 N–H and O–H groups in total. The first-order valence-corrected chi connectivity index (χ1v) is 11.1. The van der Waals surface area contributed by atoms with Gasteiger partial charge in [-0.3, -0.25) is 0 Å². The third-order valence-corrected chi connectivity index (χ3v) is 7.16. The molecule has 1 saturated heterocycles. The molecule has 1 aliphatic heterocycles. The van der Waals surface area contributed by atoms with Crippen LogP contribution in [0.5, 0.6) is 0 Å². The Hall–Kier alpha value is -3.08. The fraction of sp³-hybridized carbons (Fsp3) is 0.214. The zero-order chi connectivity index (χ0) is 22.1. The highest BCUT2D eigenvalue weighted by Gasteiger charge is 2.52. The normalized spacial score (nSPS) is 17.6. The molecule has 1 aromatic heterocycles. The van der Waals surface area contributed by atoms with Gasteiger partial charge in [-0.05, 0) is 67.2 Å². The Bertz CT molecular complexity index is 1480. The van der Waals surface area contributed by atoms with Crippen molar-refractivity contribution in [3.63, 3.8) is 0 Å². The molecule has 158 valence electrons. The highest BCUT2D eigenvalue weighted by atomic mass is 16.7. The van der Waals surface area contributed by atoms with E-state index in [1.807, 2.05) is 18.2 Å². The summed E-state index contributed by atoms with van der Waals surface area (Å²) in [6.07, 6.45) is 0. The van der Waals surface area contributed by atoms with Crippen molar-refractivity contribution in [2.24, 2.45) is 0 Å². The maximum atomic E-state index is 6.38. The summed E-state index contributed by atoms with van der Waals surface area (Å²) in [6, 6.07) is 27.4. The van der Waals surface area contributed by atoms with Gasteiger partial charge in [-0.25, -0.2) is 0 Å². The van der Waals surface area contributed by atoms with E-state index in [4.69, 9.17) is 13.7 Å². The number of furan rings is 1. The maximum absolute atomic E-state index is 6.38. The van der Waals surface area contributed by atoms with Crippen LogP contribution in [0.25, 0.3) is 43.8 Å². The van der Waals surface area contributed by atoms with Crippen molar-refractivity contribution in [2.45, 2.75) is 38.9 Å². The first-order chi connectivity index (χ1) is 15.4. The fourth-order valence-electron chi connectivity index (χ4n) is 4.74. The van der Waals surface area contributed by atoms with Gasteiger partial charge in [-0.15, -0.1) is 0 Å². The van der Waals surface area contributed by atoms with E-state index in [9.17, 15) is 0 Å². The highest BCUT2D eigenvalue weighted by Crippen LogP contribution is 2.40. The van der Waals surface area contributed by atoms with E-state index in [1.165, 1.54) is 16.5 Å². The van der Waals surface area contributed by atoms with E-state index in [0.717, 1.165) is 32.8 Å². The topological polar surface area (TPSA) is 31.6 Å². The van der Waals surface area contributed by atoms with E-state index in [0.29, 0.717) is 0 Å². The third kappa shape index (κ3) is 2.76. The molecule has 0 bridgehead atoms. The lowest BCUT2D eigenvalue weighted by atomic mass is 9.75. The van der Waals surface area contributed by atoms with Gasteiger partial charge < -0.3 is 13.7 Å².